The van der Waals surface area contributed by atoms with Gasteiger partial charge in [0, 0.05) is 17.5 Å². The highest BCUT2D eigenvalue weighted by atomic mass is 32.1. The van der Waals surface area contributed by atoms with E-state index >= 15 is 0 Å². The number of benzene rings is 3. The van der Waals surface area contributed by atoms with Gasteiger partial charge in [0.15, 0.2) is 11.5 Å². The lowest BCUT2D eigenvalue weighted by Gasteiger charge is -2.13. The number of nitrogens with one attached hydrogen (secondary N) is 1. The number of aromatic nitrogens is 1. The van der Waals surface area contributed by atoms with Gasteiger partial charge in [-0.05, 0) is 41.5 Å². The number of amides is 1. The van der Waals surface area contributed by atoms with E-state index in [4.69, 9.17) is 14.2 Å². The normalized spacial score (nSPS) is 10.5. The molecular formula is C26H24N2O4S. The molecule has 4 aromatic rings. The number of carbonyl (C=O) groups excluding carboxylic acids is 1. The minimum atomic E-state index is -0.183. The van der Waals surface area contributed by atoms with Crippen molar-refractivity contribution in [2.75, 3.05) is 7.11 Å². The molecule has 0 spiro atoms. The topological polar surface area (TPSA) is 69.7 Å². The maximum Gasteiger partial charge on any atom is 0.251 e. The molecule has 1 heterocycles. The van der Waals surface area contributed by atoms with Crippen LogP contribution in [-0.4, -0.2) is 18.0 Å². The van der Waals surface area contributed by atoms with E-state index in [-0.39, 0.29) is 5.91 Å². The van der Waals surface area contributed by atoms with Crippen molar-refractivity contribution in [1.82, 2.24) is 10.3 Å². The third-order valence-corrected chi connectivity index (χ3v) is 5.52. The van der Waals surface area contributed by atoms with Gasteiger partial charge in [-0.2, -0.15) is 0 Å². The summed E-state index contributed by atoms with van der Waals surface area (Å²) >= 11 is 1.52. The second-order valence-electron chi connectivity index (χ2n) is 7.24. The monoisotopic (exact) mass is 460 g/mol. The van der Waals surface area contributed by atoms with Crippen molar-refractivity contribution in [2.24, 2.45) is 0 Å². The maximum absolute atomic E-state index is 12.7. The Balaban J connectivity index is 1.33. The Hall–Kier alpha value is -3.84. The summed E-state index contributed by atoms with van der Waals surface area (Å²) in [5, 5.41) is 4.87. The van der Waals surface area contributed by atoms with Gasteiger partial charge >= 0.3 is 0 Å². The molecule has 3 aromatic carbocycles. The van der Waals surface area contributed by atoms with Crippen LogP contribution < -0.4 is 19.5 Å². The average molecular weight is 461 g/mol. The Morgan fingerprint density at radius 1 is 0.909 bits per heavy atom. The van der Waals surface area contributed by atoms with E-state index in [2.05, 4.69) is 10.3 Å². The lowest BCUT2D eigenvalue weighted by molar-refractivity contribution is 0.0950. The second-order valence-corrected chi connectivity index (χ2v) is 7.96. The van der Waals surface area contributed by atoms with Gasteiger partial charge in [-0.25, -0.2) is 4.98 Å². The van der Waals surface area contributed by atoms with Gasteiger partial charge in [-0.15, -0.1) is 11.3 Å². The minimum absolute atomic E-state index is 0.183. The number of thiazole rings is 1. The summed E-state index contributed by atoms with van der Waals surface area (Å²) < 4.78 is 17.1. The van der Waals surface area contributed by atoms with Crippen molar-refractivity contribution < 1.29 is 19.0 Å². The number of rotatable bonds is 10. The van der Waals surface area contributed by atoms with Gasteiger partial charge in [-0.1, -0.05) is 42.5 Å². The van der Waals surface area contributed by atoms with E-state index in [0.717, 1.165) is 16.8 Å². The van der Waals surface area contributed by atoms with E-state index in [1.165, 1.54) is 11.3 Å². The van der Waals surface area contributed by atoms with Gasteiger partial charge in [0.2, 0.25) is 0 Å². The fourth-order valence-electron chi connectivity index (χ4n) is 3.15. The standard InChI is InChI=1S/C26H24N2O4S/c1-30-25-12-20(10-11-24(25)32-15-19-6-3-2-4-7-19)14-27-26(29)21-8-5-9-23(13-21)31-16-22-17-33-18-28-22/h2-13,17-18H,14-16H2,1H3,(H,27,29). The summed E-state index contributed by atoms with van der Waals surface area (Å²) in [5.74, 6) is 1.71. The highest BCUT2D eigenvalue weighted by molar-refractivity contribution is 7.07. The zero-order valence-electron chi connectivity index (χ0n) is 18.2. The van der Waals surface area contributed by atoms with Crippen molar-refractivity contribution >= 4 is 17.2 Å². The Bertz CT molecular complexity index is 1180. The third kappa shape index (κ3) is 6.33. The average Bonchev–Trinajstić information content (AvgIpc) is 3.39. The first-order valence-corrected chi connectivity index (χ1v) is 11.4. The SMILES string of the molecule is COc1cc(CNC(=O)c2cccc(OCc3cscn3)c2)ccc1OCc1ccccc1. The maximum atomic E-state index is 12.7. The van der Waals surface area contributed by atoms with Crippen molar-refractivity contribution in [1.29, 1.82) is 0 Å². The Morgan fingerprint density at radius 3 is 2.58 bits per heavy atom. The third-order valence-electron chi connectivity index (χ3n) is 4.88. The minimum Gasteiger partial charge on any atom is -0.493 e. The van der Waals surface area contributed by atoms with E-state index in [1.807, 2.05) is 60.0 Å². The highest BCUT2D eigenvalue weighted by Gasteiger charge is 2.10. The first kappa shape index (κ1) is 22.4. The second kappa shape index (κ2) is 11.2. The van der Waals surface area contributed by atoms with Gasteiger partial charge in [0.1, 0.15) is 19.0 Å². The largest absolute Gasteiger partial charge is 0.493 e. The highest BCUT2D eigenvalue weighted by Crippen LogP contribution is 2.29. The Labute approximate surface area is 196 Å². The molecule has 0 bridgehead atoms. The van der Waals surface area contributed by atoms with Crippen LogP contribution in [0.4, 0.5) is 0 Å². The molecule has 4 rings (SSSR count). The molecule has 0 aliphatic rings. The quantitative estimate of drug-likeness (QED) is 0.351. The molecule has 168 valence electrons. The summed E-state index contributed by atoms with van der Waals surface area (Å²) in [6.07, 6.45) is 0. The molecule has 0 fully saturated rings. The van der Waals surface area contributed by atoms with Gasteiger partial charge < -0.3 is 19.5 Å². The number of hydrogen-bond donors (Lipinski definition) is 1. The van der Waals surface area contributed by atoms with Gasteiger partial charge in [0.25, 0.3) is 5.91 Å². The molecule has 0 saturated carbocycles. The van der Waals surface area contributed by atoms with Crippen LogP contribution in [0.2, 0.25) is 0 Å². The summed E-state index contributed by atoms with van der Waals surface area (Å²) in [5.41, 5.74) is 5.14. The van der Waals surface area contributed by atoms with E-state index in [1.54, 1.807) is 30.8 Å². The lowest BCUT2D eigenvalue weighted by Crippen LogP contribution is -2.22. The van der Waals surface area contributed by atoms with Crippen LogP contribution >= 0.6 is 11.3 Å². The number of hydrogen-bond acceptors (Lipinski definition) is 6. The van der Waals surface area contributed by atoms with Crippen molar-refractivity contribution in [2.45, 2.75) is 19.8 Å². The molecule has 0 aliphatic heterocycles. The molecule has 0 aliphatic carbocycles. The fourth-order valence-corrected chi connectivity index (χ4v) is 3.70. The van der Waals surface area contributed by atoms with Gasteiger partial charge in [0.05, 0.1) is 18.3 Å². The van der Waals surface area contributed by atoms with E-state index < -0.39 is 0 Å². The van der Waals surface area contributed by atoms with Crippen LogP contribution in [0.25, 0.3) is 0 Å². The van der Waals surface area contributed by atoms with E-state index in [0.29, 0.717) is 42.6 Å². The van der Waals surface area contributed by atoms with Crippen LogP contribution in [0, 0.1) is 0 Å². The predicted molar refractivity (Wildman–Crippen MR) is 128 cm³/mol. The molecule has 6 nitrogen and oxygen atoms in total. The van der Waals surface area contributed by atoms with Crippen LogP contribution in [-0.2, 0) is 19.8 Å². The molecule has 0 saturated heterocycles. The number of nitrogens with zero attached hydrogens (tertiary/aromatic N) is 1. The molecule has 7 heteroatoms. The van der Waals surface area contributed by atoms with Crippen LogP contribution in [0.5, 0.6) is 17.2 Å². The molecule has 0 radical (unpaired) electrons. The first-order chi connectivity index (χ1) is 16.2. The lowest BCUT2D eigenvalue weighted by atomic mass is 10.1. The van der Waals surface area contributed by atoms with Crippen molar-refractivity contribution in [3.63, 3.8) is 0 Å². The number of ether oxygens (including phenoxy) is 3. The van der Waals surface area contributed by atoms with Crippen LogP contribution in [0.1, 0.15) is 27.2 Å². The van der Waals surface area contributed by atoms with Crippen molar-refractivity contribution in [3.05, 3.63) is 106 Å². The van der Waals surface area contributed by atoms with Gasteiger partial charge in [-0.3, -0.25) is 4.79 Å². The molecule has 0 unspecified atom stereocenters. The zero-order valence-corrected chi connectivity index (χ0v) is 19.0. The molecular weight excluding hydrogens is 436 g/mol. The zero-order chi connectivity index (χ0) is 22.9. The first-order valence-electron chi connectivity index (χ1n) is 10.4. The summed E-state index contributed by atoms with van der Waals surface area (Å²) in [4.78, 5) is 16.8. The van der Waals surface area contributed by atoms with Crippen LogP contribution in [0.3, 0.4) is 0 Å². The fraction of sp³-hybridized carbons (Fsp3) is 0.154. The Morgan fingerprint density at radius 2 is 1.79 bits per heavy atom. The number of methoxy groups -OCH3 is 1. The van der Waals surface area contributed by atoms with Crippen molar-refractivity contribution in [3.8, 4) is 17.2 Å². The number of carbonyl (C=O) groups is 1. The Kier molecular flexibility index (Phi) is 7.56. The van der Waals surface area contributed by atoms with Crippen LogP contribution in [0.15, 0.2) is 83.7 Å². The summed E-state index contributed by atoms with van der Waals surface area (Å²) in [6, 6.07) is 22.7. The molecule has 33 heavy (non-hydrogen) atoms. The predicted octanol–water partition coefficient (Wildman–Crippen LogP) is 5.24. The van der Waals surface area contributed by atoms with E-state index in [9.17, 15) is 4.79 Å². The summed E-state index contributed by atoms with van der Waals surface area (Å²) in [7, 11) is 1.60. The molecule has 1 aromatic heterocycles. The summed E-state index contributed by atoms with van der Waals surface area (Å²) in [6.45, 7) is 1.18. The molecule has 1 amide bonds. The smallest absolute Gasteiger partial charge is 0.251 e. The molecule has 0 atom stereocenters. The molecule has 1 N–H and O–H groups in total.